The normalized spacial score (nSPS) is 36.5. The molecule has 0 amide bonds. The zero-order valence-corrected chi connectivity index (χ0v) is 19.5. The minimum absolute atomic E-state index is 0.0894. The predicted octanol–water partition coefficient (Wildman–Crippen LogP) is 7.92. The summed E-state index contributed by atoms with van der Waals surface area (Å²) in [6, 6.07) is 0. The highest BCUT2D eigenvalue weighted by Crippen LogP contribution is 2.42. The maximum atomic E-state index is 5.89. The van der Waals surface area contributed by atoms with Crippen LogP contribution in [0.25, 0.3) is 0 Å². The fourth-order valence-electron chi connectivity index (χ4n) is 6.11. The zero-order valence-electron chi connectivity index (χ0n) is 19.5. The molecule has 3 aliphatic rings. The minimum atomic E-state index is -0.0894. The molecule has 0 unspecified atom stereocenters. The highest BCUT2D eigenvalue weighted by Gasteiger charge is 2.30. The van der Waals surface area contributed by atoms with Gasteiger partial charge in [-0.2, -0.15) is 0 Å². The molecule has 0 aromatic carbocycles. The van der Waals surface area contributed by atoms with Gasteiger partial charge in [-0.3, -0.25) is 0 Å². The Labute approximate surface area is 181 Å². The van der Waals surface area contributed by atoms with Crippen molar-refractivity contribution in [3.63, 3.8) is 0 Å². The van der Waals surface area contributed by atoms with Crippen LogP contribution >= 0.6 is 0 Å². The van der Waals surface area contributed by atoms with Crippen LogP contribution in [0.3, 0.4) is 0 Å². The SMILES string of the molecule is CCCCCCC1CCC(C2CCC(/C=C/C3OCC(CCC)CO3)CC2)CC1. The molecule has 3 rings (SSSR count). The van der Waals surface area contributed by atoms with E-state index < -0.39 is 0 Å². The molecule has 0 aromatic heterocycles. The van der Waals surface area contributed by atoms with Crippen LogP contribution in [0.5, 0.6) is 0 Å². The van der Waals surface area contributed by atoms with Gasteiger partial charge in [0.15, 0.2) is 6.29 Å². The molecule has 2 heteroatoms. The van der Waals surface area contributed by atoms with E-state index in [0.29, 0.717) is 5.92 Å². The topological polar surface area (TPSA) is 18.5 Å². The molecule has 2 aliphatic carbocycles. The average Bonchev–Trinajstić information content (AvgIpc) is 2.77. The van der Waals surface area contributed by atoms with Crippen molar-refractivity contribution in [1.82, 2.24) is 0 Å². The van der Waals surface area contributed by atoms with Gasteiger partial charge in [-0.05, 0) is 74.7 Å². The van der Waals surface area contributed by atoms with Gasteiger partial charge in [0.05, 0.1) is 13.2 Å². The van der Waals surface area contributed by atoms with Crippen LogP contribution in [0.15, 0.2) is 12.2 Å². The standard InChI is InChI=1S/C27H48O2/c1-3-5-6-7-9-22-10-15-25(16-11-22)26-17-12-23(13-18-26)14-19-27-28-20-24(8-4-2)21-29-27/h14,19,22-27H,3-13,15-18,20-21H2,1-2H3/b19-14+. The van der Waals surface area contributed by atoms with Crippen LogP contribution < -0.4 is 0 Å². The van der Waals surface area contributed by atoms with Gasteiger partial charge in [0.25, 0.3) is 0 Å². The van der Waals surface area contributed by atoms with E-state index in [2.05, 4.69) is 26.0 Å². The van der Waals surface area contributed by atoms with E-state index in [9.17, 15) is 0 Å². The smallest absolute Gasteiger partial charge is 0.176 e. The number of rotatable bonds is 10. The molecule has 2 saturated carbocycles. The molecule has 29 heavy (non-hydrogen) atoms. The largest absolute Gasteiger partial charge is 0.349 e. The highest BCUT2D eigenvalue weighted by atomic mass is 16.7. The lowest BCUT2D eigenvalue weighted by Crippen LogP contribution is -2.31. The summed E-state index contributed by atoms with van der Waals surface area (Å²) in [5.74, 6) is 4.45. The second kappa shape index (κ2) is 13.2. The summed E-state index contributed by atoms with van der Waals surface area (Å²) < 4.78 is 11.8. The molecule has 0 aromatic rings. The summed E-state index contributed by atoms with van der Waals surface area (Å²) in [6.07, 6.45) is 26.0. The van der Waals surface area contributed by atoms with Gasteiger partial charge in [-0.1, -0.05) is 71.3 Å². The molecule has 168 valence electrons. The van der Waals surface area contributed by atoms with Crippen molar-refractivity contribution in [2.24, 2.45) is 29.6 Å². The average molecular weight is 405 g/mol. The van der Waals surface area contributed by atoms with Crippen LogP contribution in [-0.2, 0) is 9.47 Å². The Balaban J connectivity index is 1.28. The summed E-state index contributed by atoms with van der Waals surface area (Å²) in [5, 5.41) is 0. The second-order valence-electron chi connectivity index (χ2n) is 10.4. The lowest BCUT2D eigenvalue weighted by atomic mass is 9.68. The summed E-state index contributed by atoms with van der Waals surface area (Å²) >= 11 is 0. The van der Waals surface area contributed by atoms with Gasteiger partial charge >= 0.3 is 0 Å². The van der Waals surface area contributed by atoms with E-state index in [4.69, 9.17) is 9.47 Å². The molecular formula is C27H48O2. The fourth-order valence-corrected chi connectivity index (χ4v) is 6.11. The molecule has 0 bridgehead atoms. The Bertz CT molecular complexity index is 435. The molecule has 1 heterocycles. The highest BCUT2D eigenvalue weighted by molar-refractivity contribution is 4.95. The fraction of sp³-hybridized carbons (Fsp3) is 0.926. The Morgan fingerprint density at radius 3 is 1.90 bits per heavy atom. The van der Waals surface area contributed by atoms with Crippen molar-refractivity contribution in [2.75, 3.05) is 13.2 Å². The molecule has 1 aliphatic heterocycles. The number of ether oxygens (including phenoxy) is 2. The van der Waals surface area contributed by atoms with E-state index in [1.165, 1.54) is 96.3 Å². The Morgan fingerprint density at radius 2 is 1.28 bits per heavy atom. The zero-order chi connectivity index (χ0) is 20.3. The van der Waals surface area contributed by atoms with Crippen molar-refractivity contribution in [2.45, 2.75) is 116 Å². The maximum Gasteiger partial charge on any atom is 0.176 e. The van der Waals surface area contributed by atoms with E-state index in [0.717, 1.165) is 36.9 Å². The number of allylic oxidation sites excluding steroid dienone is 1. The number of unbranched alkanes of at least 4 members (excludes halogenated alkanes) is 3. The summed E-state index contributed by atoms with van der Waals surface area (Å²) in [6.45, 7) is 6.30. The van der Waals surface area contributed by atoms with Gasteiger partial charge in [0, 0.05) is 5.92 Å². The van der Waals surface area contributed by atoms with Crippen LogP contribution in [0.2, 0.25) is 0 Å². The first-order valence-electron chi connectivity index (χ1n) is 13.2. The van der Waals surface area contributed by atoms with Gasteiger partial charge in [-0.15, -0.1) is 0 Å². The van der Waals surface area contributed by atoms with Gasteiger partial charge < -0.3 is 9.47 Å². The monoisotopic (exact) mass is 404 g/mol. The van der Waals surface area contributed by atoms with E-state index in [1.54, 1.807) is 0 Å². The Hall–Kier alpha value is -0.340. The quantitative estimate of drug-likeness (QED) is 0.272. The number of hydrogen-bond donors (Lipinski definition) is 0. The van der Waals surface area contributed by atoms with Crippen molar-refractivity contribution >= 4 is 0 Å². The lowest BCUT2D eigenvalue weighted by Gasteiger charge is -2.37. The van der Waals surface area contributed by atoms with Crippen LogP contribution in [0, 0.1) is 29.6 Å². The first-order chi connectivity index (χ1) is 14.3. The molecular weight excluding hydrogens is 356 g/mol. The van der Waals surface area contributed by atoms with Crippen molar-refractivity contribution in [3.05, 3.63) is 12.2 Å². The van der Waals surface area contributed by atoms with Crippen LogP contribution in [0.1, 0.15) is 110 Å². The molecule has 1 saturated heterocycles. The second-order valence-corrected chi connectivity index (χ2v) is 10.4. The van der Waals surface area contributed by atoms with Gasteiger partial charge in [-0.25, -0.2) is 0 Å². The lowest BCUT2D eigenvalue weighted by molar-refractivity contribution is -0.175. The van der Waals surface area contributed by atoms with Crippen LogP contribution in [-0.4, -0.2) is 19.5 Å². The van der Waals surface area contributed by atoms with Crippen molar-refractivity contribution < 1.29 is 9.47 Å². The Kier molecular flexibility index (Phi) is 10.6. The van der Waals surface area contributed by atoms with Crippen molar-refractivity contribution in [3.8, 4) is 0 Å². The van der Waals surface area contributed by atoms with E-state index in [-0.39, 0.29) is 6.29 Å². The molecule has 0 atom stereocenters. The first kappa shape index (κ1) is 23.3. The molecule has 0 spiro atoms. The van der Waals surface area contributed by atoms with Gasteiger partial charge in [0.2, 0.25) is 0 Å². The summed E-state index contributed by atoms with van der Waals surface area (Å²) in [5.41, 5.74) is 0. The third-order valence-electron chi connectivity index (χ3n) is 8.07. The number of hydrogen-bond acceptors (Lipinski definition) is 2. The third kappa shape index (κ3) is 8.02. The summed E-state index contributed by atoms with van der Waals surface area (Å²) in [7, 11) is 0. The van der Waals surface area contributed by atoms with Crippen LogP contribution in [0.4, 0.5) is 0 Å². The molecule has 3 fully saturated rings. The molecule has 2 nitrogen and oxygen atoms in total. The summed E-state index contributed by atoms with van der Waals surface area (Å²) in [4.78, 5) is 0. The van der Waals surface area contributed by atoms with E-state index in [1.807, 2.05) is 0 Å². The van der Waals surface area contributed by atoms with Crippen molar-refractivity contribution in [1.29, 1.82) is 0 Å². The first-order valence-corrected chi connectivity index (χ1v) is 13.2. The minimum Gasteiger partial charge on any atom is -0.349 e. The van der Waals surface area contributed by atoms with E-state index >= 15 is 0 Å². The van der Waals surface area contributed by atoms with Gasteiger partial charge in [0.1, 0.15) is 0 Å². The molecule has 0 radical (unpaired) electrons. The maximum absolute atomic E-state index is 5.89. The Morgan fingerprint density at radius 1 is 0.621 bits per heavy atom. The third-order valence-corrected chi connectivity index (χ3v) is 8.07. The predicted molar refractivity (Wildman–Crippen MR) is 123 cm³/mol. The molecule has 0 N–H and O–H groups in total.